The number of ketones is 1. The molecule has 2 aromatic carbocycles. The van der Waals surface area contributed by atoms with E-state index in [4.69, 9.17) is 9.47 Å². The molecule has 0 bridgehead atoms. The molecule has 1 atom stereocenters. The second-order valence-corrected chi connectivity index (χ2v) is 7.87. The highest BCUT2D eigenvalue weighted by Crippen LogP contribution is 2.42. The summed E-state index contributed by atoms with van der Waals surface area (Å²) in [6, 6.07) is 9.51. The molecule has 3 rings (SSSR count). The van der Waals surface area contributed by atoms with Crippen molar-refractivity contribution in [1.82, 2.24) is 9.80 Å². The zero-order valence-electron chi connectivity index (χ0n) is 19.3. The fourth-order valence-electron chi connectivity index (χ4n) is 3.77. The summed E-state index contributed by atoms with van der Waals surface area (Å²) in [5.74, 6) is -1.27. The fourth-order valence-corrected chi connectivity index (χ4v) is 3.77. The molecule has 0 aliphatic carbocycles. The van der Waals surface area contributed by atoms with E-state index in [9.17, 15) is 19.1 Å². The molecule has 33 heavy (non-hydrogen) atoms. The maximum absolute atomic E-state index is 13.4. The number of hydrogen-bond acceptors (Lipinski definition) is 6. The van der Waals surface area contributed by atoms with E-state index < -0.39 is 23.5 Å². The molecule has 1 amide bonds. The molecule has 0 aromatic heterocycles. The van der Waals surface area contributed by atoms with Crippen LogP contribution in [0.4, 0.5) is 4.39 Å². The van der Waals surface area contributed by atoms with Crippen molar-refractivity contribution >= 4 is 17.4 Å². The van der Waals surface area contributed by atoms with Gasteiger partial charge in [-0.1, -0.05) is 6.07 Å². The number of likely N-dealkylation sites (tertiary alicyclic amines) is 1. The van der Waals surface area contributed by atoms with E-state index in [-0.39, 0.29) is 23.4 Å². The van der Waals surface area contributed by atoms with Gasteiger partial charge < -0.3 is 24.4 Å². The monoisotopic (exact) mass is 456 g/mol. The van der Waals surface area contributed by atoms with E-state index >= 15 is 0 Å². The van der Waals surface area contributed by atoms with Gasteiger partial charge in [-0.3, -0.25) is 9.59 Å². The predicted octanol–water partition coefficient (Wildman–Crippen LogP) is 3.61. The number of aliphatic hydroxyl groups excluding tert-OH is 1. The molecule has 7 nitrogen and oxygen atoms in total. The number of carbonyl (C=O) groups is 2. The number of likely N-dealkylation sites (N-methyl/N-ethyl adjacent to an activating group) is 1. The van der Waals surface area contributed by atoms with E-state index in [2.05, 4.69) is 0 Å². The molecule has 0 spiro atoms. The number of ether oxygens (including phenoxy) is 2. The molecule has 176 valence electrons. The Morgan fingerprint density at radius 1 is 1.03 bits per heavy atom. The van der Waals surface area contributed by atoms with Crippen LogP contribution in [0.5, 0.6) is 11.5 Å². The summed E-state index contributed by atoms with van der Waals surface area (Å²) in [4.78, 5) is 29.4. The van der Waals surface area contributed by atoms with E-state index in [1.54, 1.807) is 18.2 Å². The van der Waals surface area contributed by atoms with Crippen LogP contribution < -0.4 is 9.47 Å². The van der Waals surface area contributed by atoms with Crippen molar-refractivity contribution in [3.8, 4) is 11.5 Å². The van der Waals surface area contributed by atoms with Crippen molar-refractivity contribution in [3.05, 3.63) is 65.0 Å². The highest BCUT2D eigenvalue weighted by atomic mass is 19.1. The third-order valence-corrected chi connectivity index (χ3v) is 5.33. The molecule has 1 aliphatic heterocycles. The van der Waals surface area contributed by atoms with Crippen LogP contribution in [0.3, 0.4) is 0 Å². The Labute approximate surface area is 193 Å². The summed E-state index contributed by atoms with van der Waals surface area (Å²) in [5, 5.41) is 11.0. The third kappa shape index (κ3) is 5.17. The van der Waals surface area contributed by atoms with Gasteiger partial charge in [0, 0.05) is 18.7 Å². The number of halogens is 1. The topological polar surface area (TPSA) is 79.3 Å². The van der Waals surface area contributed by atoms with Gasteiger partial charge in [-0.25, -0.2) is 4.39 Å². The maximum Gasteiger partial charge on any atom is 0.295 e. The van der Waals surface area contributed by atoms with E-state index in [1.807, 2.05) is 32.8 Å². The van der Waals surface area contributed by atoms with Crippen LogP contribution in [0.1, 0.15) is 31.0 Å². The SMILES string of the molecule is CCOc1ccc([C@H]2C(=C(O)c3ccc(F)cc3)C(=O)C(=O)N2CCN(C)C)cc1OCC. The lowest BCUT2D eigenvalue weighted by molar-refractivity contribution is -0.140. The highest BCUT2D eigenvalue weighted by molar-refractivity contribution is 6.46. The Morgan fingerprint density at radius 3 is 2.27 bits per heavy atom. The van der Waals surface area contributed by atoms with Crippen molar-refractivity contribution in [2.45, 2.75) is 19.9 Å². The Balaban J connectivity index is 2.17. The van der Waals surface area contributed by atoms with Gasteiger partial charge in [0.25, 0.3) is 11.7 Å². The molecule has 1 heterocycles. The second kappa shape index (κ2) is 10.5. The number of Topliss-reactive ketones (excluding diaryl/α,β-unsaturated/α-hetero) is 1. The van der Waals surface area contributed by atoms with Crippen molar-refractivity contribution in [2.24, 2.45) is 0 Å². The van der Waals surface area contributed by atoms with Gasteiger partial charge in [-0.2, -0.15) is 0 Å². The van der Waals surface area contributed by atoms with Crippen molar-refractivity contribution in [2.75, 3.05) is 40.4 Å². The van der Waals surface area contributed by atoms with Gasteiger partial charge in [-0.05, 0) is 69.9 Å². The molecule has 8 heteroatoms. The Hall–Kier alpha value is -3.39. The zero-order valence-corrected chi connectivity index (χ0v) is 19.3. The zero-order chi connectivity index (χ0) is 24.1. The third-order valence-electron chi connectivity index (χ3n) is 5.33. The largest absolute Gasteiger partial charge is 0.507 e. The molecule has 1 saturated heterocycles. The van der Waals surface area contributed by atoms with Crippen LogP contribution in [0.2, 0.25) is 0 Å². The molecular formula is C25H29FN2O5. The number of aliphatic hydroxyl groups is 1. The number of nitrogens with zero attached hydrogens (tertiary/aromatic N) is 2. The quantitative estimate of drug-likeness (QED) is 0.353. The normalized spacial score (nSPS) is 17.6. The summed E-state index contributed by atoms with van der Waals surface area (Å²) in [7, 11) is 3.74. The van der Waals surface area contributed by atoms with Gasteiger partial charge in [0.05, 0.1) is 24.8 Å². The average Bonchev–Trinajstić information content (AvgIpc) is 3.04. The van der Waals surface area contributed by atoms with Crippen molar-refractivity contribution in [1.29, 1.82) is 0 Å². The molecule has 2 aromatic rings. The van der Waals surface area contributed by atoms with Crippen LogP contribution in [0.15, 0.2) is 48.0 Å². The van der Waals surface area contributed by atoms with E-state index in [0.29, 0.717) is 36.8 Å². The van der Waals surface area contributed by atoms with Crippen molar-refractivity contribution < 1.29 is 28.6 Å². The lowest BCUT2D eigenvalue weighted by atomic mass is 9.95. The minimum Gasteiger partial charge on any atom is -0.507 e. The molecule has 0 radical (unpaired) electrons. The molecule has 0 unspecified atom stereocenters. The number of carbonyl (C=O) groups excluding carboxylic acids is 2. The van der Waals surface area contributed by atoms with Gasteiger partial charge in [0.15, 0.2) is 11.5 Å². The minimum atomic E-state index is -0.829. The van der Waals surface area contributed by atoms with E-state index in [0.717, 1.165) is 0 Å². The minimum absolute atomic E-state index is 0.0445. The van der Waals surface area contributed by atoms with Gasteiger partial charge in [0.1, 0.15) is 11.6 Å². The molecule has 1 N–H and O–H groups in total. The molecule has 1 aliphatic rings. The lowest BCUT2D eigenvalue weighted by Crippen LogP contribution is -2.35. The number of benzene rings is 2. The second-order valence-electron chi connectivity index (χ2n) is 7.87. The molecular weight excluding hydrogens is 427 g/mol. The van der Waals surface area contributed by atoms with Crippen LogP contribution in [0, 0.1) is 5.82 Å². The maximum atomic E-state index is 13.4. The van der Waals surface area contributed by atoms with Crippen LogP contribution >= 0.6 is 0 Å². The first-order valence-electron chi connectivity index (χ1n) is 10.9. The Morgan fingerprint density at radius 2 is 1.67 bits per heavy atom. The first-order valence-corrected chi connectivity index (χ1v) is 10.9. The molecule has 1 fully saturated rings. The fraction of sp³-hybridized carbons (Fsp3) is 0.360. The molecule has 0 saturated carbocycles. The predicted molar refractivity (Wildman–Crippen MR) is 123 cm³/mol. The summed E-state index contributed by atoms with van der Waals surface area (Å²) >= 11 is 0. The number of hydrogen-bond donors (Lipinski definition) is 1. The van der Waals surface area contributed by atoms with Crippen LogP contribution in [-0.2, 0) is 9.59 Å². The van der Waals surface area contributed by atoms with Crippen LogP contribution in [0.25, 0.3) is 5.76 Å². The van der Waals surface area contributed by atoms with Gasteiger partial charge >= 0.3 is 0 Å². The smallest absolute Gasteiger partial charge is 0.295 e. The first kappa shape index (κ1) is 24.3. The lowest BCUT2D eigenvalue weighted by Gasteiger charge is -2.27. The Bertz CT molecular complexity index is 1050. The highest BCUT2D eigenvalue weighted by Gasteiger charge is 2.46. The van der Waals surface area contributed by atoms with E-state index in [1.165, 1.54) is 29.2 Å². The Kier molecular flexibility index (Phi) is 7.71. The summed E-state index contributed by atoms with van der Waals surface area (Å²) < 4.78 is 24.8. The van der Waals surface area contributed by atoms with Gasteiger partial charge in [-0.15, -0.1) is 0 Å². The summed E-state index contributed by atoms with van der Waals surface area (Å²) in [6.07, 6.45) is 0. The summed E-state index contributed by atoms with van der Waals surface area (Å²) in [6.45, 7) is 5.36. The van der Waals surface area contributed by atoms with Gasteiger partial charge in [0.2, 0.25) is 0 Å². The standard InChI is InChI=1S/C25H29FN2O5/c1-5-32-19-12-9-17(15-20(19)33-6-2)22-21(23(29)16-7-10-18(26)11-8-16)24(30)25(31)28(22)14-13-27(3)4/h7-12,15,22,29H,5-6,13-14H2,1-4H3/t22-/m0/s1. The number of amides is 1. The van der Waals surface area contributed by atoms with Crippen molar-refractivity contribution in [3.63, 3.8) is 0 Å². The first-order chi connectivity index (χ1) is 15.8. The van der Waals surface area contributed by atoms with Crippen LogP contribution in [-0.4, -0.2) is 67.0 Å². The average molecular weight is 457 g/mol. The number of rotatable bonds is 9. The summed E-state index contributed by atoms with van der Waals surface area (Å²) in [5.41, 5.74) is 0.809.